The highest BCUT2D eigenvalue weighted by molar-refractivity contribution is 7.99. The number of aromatic carboxylic acids is 1. The molecular weight excluding hydrogens is 306 g/mol. The fourth-order valence-corrected chi connectivity index (χ4v) is 3.26. The third-order valence-corrected chi connectivity index (χ3v) is 4.24. The van der Waals surface area contributed by atoms with Gasteiger partial charge >= 0.3 is 5.97 Å². The van der Waals surface area contributed by atoms with Gasteiger partial charge in [-0.2, -0.15) is 0 Å². The Kier molecular flexibility index (Phi) is 3.82. The van der Waals surface area contributed by atoms with Crippen LogP contribution in [0.4, 0.5) is 0 Å². The Balaban J connectivity index is 2.12. The minimum atomic E-state index is -0.974. The average molecular weight is 316 g/mol. The van der Waals surface area contributed by atoms with E-state index in [1.165, 1.54) is 18.0 Å². The van der Waals surface area contributed by atoms with Gasteiger partial charge < -0.3 is 5.11 Å². The molecule has 0 saturated carbocycles. The first-order valence-corrected chi connectivity index (χ1v) is 7.39. The molecule has 3 aromatic rings. The molecular formula is C16H10ClNO2S. The normalized spacial score (nSPS) is 10.7. The van der Waals surface area contributed by atoms with Crippen molar-refractivity contribution in [2.75, 3.05) is 0 Å². The van der Waals surface area contributed by atoms with E-state index in [4.69, 9.17) is 11.6 Å². The highest BCUT2D eigenvalue weighted by Crippen LogP contribution is 2.33. The molecule has 0 saturated heterocycles. The second kappa shape index (κ2) is 5.76. The quantitative estimate of drug-likeness (QED) is 0.758. The number of nitrogens with zero attached hydrogens (tertiary/aromatic N) is 1. The van der Waals surface area contributed by atoms with E-state index in [0.29, 0.717) is 10.4 Å². The SMILES string of the molecule is O=C(O)c1cnc(Sc2cccc(Cl)c2)c2ccccc12. The molecule has 0 atom stereocenters. The van der Waals surface area contributed by atoms with Crippen molar-refractivity contribution < 1.29 is 9.90 Å². The van der Waals surface area contributed by atoms with Gasteiger partial charge in [0.1, 0.15) is 5.03 Å². The molecule has 3 rings (SSSR count). The molecule has 0 bridgehead atoms. The van der Waals surface area contributed by atoms with Gasteiger partial charge in [0, 0.05) is 26.9 Å². The number of pyridine rings is 1. The number of carboxylic acids is 1. The smallest absolute Gasteiger partial charge is 0.337 e. The Bertz CT molecular complexity index is 835. The van der Waals surface area contributed by atoms with Crippen LogP contribution in [0, 0.1) is 0 Å². The topological polar surface area (TPSA) is 50.2 Å². The van der Waals surface area contributed by atoms with Gasteiger partial charge in [-0.15, -0.1) is 0 Å². The molecule has 21 heavy (non-hydrogen) atoms. The van der Waals surface area contributed by atoms with Crippen molar-refractivity contribution in [2.45, 2.75) is 9.92 Å². The van der Waals surface area contributed by atoms with Crippen molar-refractivity contribution >= 4 is 40.1 Å². The lowest BCUT2D eigenvalue weighted by Crippen LogP contribution is -1.99. The summed E-state index contributed by atoms with van der Waals surface area (Å²) >= 11 is 7.45. The minimum absolute atomic E-state index is 0.209. The van der Waals surface area contributed by atoms with Crippen molar-refractivity contribution in [3.63, 3.8) is 0 Å². The Morgan fingerprint density at radius 1 is 1.10 bits per heavy atom. The van der Waals surface area contributed by atoms with Crippen molar-refractivity contribution in [1.29, 1.82) is 0 Å². The lowest BCUT2D eigenvalue weighted by atomic mass is 10.1. The van der Waals surface area contributed by atoms with Crippen LogP contribution in [0.25, 0.3) is 10.8 Å². The maximum atomic E-state index is 11.3. The molecule has 0 aliphatic heterocycles. The van der Waals surface area contributed by atoms with E-state index in [9.17, 15) is 9.90 Å². The van der Waals surface area contributed by atoms with Crippen LogP contribution in [-0.2, 0) is 0 Å². The Hall–Kier alpha value is -2.04. The largest absolute Gasteiger partial charge is 0.478 e. The third-order valence-electron chi connectivity index (χ3n) is 3.00. The number of hydrogen-bond acceptors (Lipinski definition) is 3. The lowest BCUT2D eigenvalue weighted by Gasteiger charge is -2.08. The van der Waals surface area contributed by atoms with Gasteiger partial charge in [0.15, 0.2) is 0 Å². The summed E-state index contributed by atoms with van der Waals surface area (Å²) in [4.78, 5) is 16.5. The summed E-state index contributed by atoms with van der Waals surface area (Å²) in [5.41, 5.74) is 0.209. The highest BCUT2D eigenvalue weighted by Gasteiger charge is 2.13. The molecule has 1 heterocycles. The molecule has 0 amide bonds. The van der Waals surface area contributed by atoms with E-state index in [1.54, 1.807) is 6.07 Å². The van der Waals surface area contributed by atoms with E-state index < -0.39 is 5.97 Å². The number of carboxylic acid groups (broad SMARTS) is 1. The summed E-state index contributed by atoms with van der Waals surface area (Å²) in [5, 5.41) is 12.2. The molecule has 5 heteroatoms. The van der Waals surface area contributed by atoms with Gasteiger partial charge in [-0.1, -0.05) is 53.7 Å². The standard InChI is InChI=1S/C16H10ClNO2S/c17-10-4-3-5-11(8-10)21-15-13-7-2-1-6-12(13)14(9-18-15)16(19)20/h1-9H,(H,19,20). The number of benzene rings is 2. The molecule has 1 aromatic heterocycles. The minimum Gasteiger partial charge on any atom is -0.478 e. The van der Waals surface area contributed by atoms with E-state index in [1.807, 2.05) is 42.5 Å². The number of rotatable bonds is 3. The zero-order valence-electron chi connectivity index (χ0n) is 10.8. The maximum Gasteiger partial charge on any atom is 0.337 e. The maximum absolute atomic E-state index is 11.3. The number of hydrogen-bond donors (Lipinski definition) is 1. The summed E-state index contributed by atoms with van der Waals surface area (Å²) in [6.45, 7) is 0. The van der Waals surface area contributed by atoms with E-state index in [2.05, 4.69) is 4.98 Å². The molecule has 0 radical (unpaired) electrons. The molecule has 1 N–H and O–H groups in total. The van der Waals surface area contributed by atoms with Gasteiger partial charge in [0.25, 0.3) is 0 Å². The number of halogens is 1. The zero-order valence-corrected chi connectivity index (χ0v) is 12.4. The van der Waals surface area contributed by atoms with Gasteiger partial charge in [0.2, 0.25) is 0 Å². The van der Waals surface area contributed by atoms with Gasteiger partial charge in [-0.05, 0) is 18.2 Å². The molecule has 0 spiro atoms. The van der Waals surface area contributed by atoms with E-state index in [-0.39, 0.29) is 5.56 Å². The number of carbonyl (C=O) groups is 1. The predicted octanol–water partition coefficient (Wildman–Crippen LogP) is 4.74. The van der Waals surface area contributed by atoms with Gasteiger partial charge in [-0.3, -0.25) is 0 Å². The predicted molar refractivity (Wildman–Crippen MR) is 84.3 cm³/mol. The van der Waals surface area contributed by atoms with Crippen LogP contribution in [0.2, 0.25) is 5.02 Å². The van der Waals surface area contributed by atoms with Crippen molar-refractivity contribution in [3.05, 3.63) is 65.3 Å². The Labute approximate surface area is 130 Å². The van der Waals surface area contributed by atoms with Gasteiger partial charge in [0.05, 0.1) is 5.56 Å². The molecule has 2 aromatic carbocycles. The first kappa shape index (κ1) is 13.9. The Morgan fingerprint density at radius 3 is 2.57 bits per heavy atom. The average Bonchev–Trinajstić information content (AvgIpc) is 2.47. The lowest BCUT2D eigenvalue weighted by molar-refractivity contribution is 0.0698. The second-order valence-electron chi connectivity index (χ2n) is 4.39. The monoisotopic (exact) mass is 315 g/mol. The van der Waals surface area contributed by atoms with Crippen molar-refractivity contribution in [1.82, 2.24) is 4.98 Å². The first-order chi connectivity index (χ1) is 10.1. The summed E-state index contributed by atoms with van der Waals surface area (Å²) < 4.78 is 0. The second-order valence-corrected chi connectivity index (χ2v) is 5.89. The van der Waals surface area contributed by atoms with Crippen LogP contribution in [0.5, 0.6) is 0 Å². The third kappa shape index (κ3) is 2.86. The summed E-state index contributed by atoms with van der Waals surface area (Å²) in [6, 6.07) is 14.8. The molecule has 0 fully saturated rings. The molecule has 0 aliphatic rings. The molecule has 3 nitrogen and oxygen atoms in total. The Morgan fingerprint density at radius 2 is 1.86 bits per heavy atom. The van der Waals surface area contributed by atoms with E-state index >= 15 is 0 Å². The van der Waals surface area contributed by atoms with Crippen LogP contribution in [0.15, 0.2) is 64.6 Å². The van der Waals surface area contributed by atoms with Crippen LogP contribution < -0.4 is 0 Å². The number of aromatic nitrogens is 1. The highest BCUT2D eigenvalue weighted by atomic mass is 35.5. The van der Waals surface area contributed by atoms with Crippen LogP contribution in [0.3, 0.4) is 0 Å². The van der Waals surface area contributed by atoms with Gasteiger partial charge in [-0.25, -0.2) is 9.78 Å². The molecule has 104 valence electrons. The van der Waals surface area contributed by atoms with Crippen molar-refractivity contribution in [3.8, 4) is 0 Å². The fourth-order valence-electron chi connectivity index (χ4n) is 2.06. The zero-order chi connectivity index (χ0) is 14.8. The summed E-state index contributed by atoms with van der Waals surface area (Å²) in [7, 11) is 0. The summed E-state index contributed by atoms with van der Waals surface area (Å²) in [5.74, 6) is -0.974. The van der Waals surface area contributed by atoms with Crippen LogP contribution in [0.1, 0.15) is 10.4 Å². The fraction of sp³-hybridized carbons (Fsp3) is 0. The first-order valence-electron chi connectivity index (χ1n) is 6.19. The number of fused-ring (bicyclic) bond motifs is 1. The van der Waals surface area contributed by atoms with Crippen LogP contribution in [-0.4, -0.2) is 16.1 Å². The summed E-state index contributed by atoms with van der Waals surface area (Å²) in [6.07, 6.45) is 1.40. The van der Waals surface area contributed by atoms with E-state index in [0.717, 1.165) is 15.3 Å². The molecule has 0 aliphatic carbocycles. The molecule has 0 unspecified atom stereocenters. The van der Waals surface area contributed by atoms with Crippen molar-refractivity contribution in [2.24, 2.45) is 0 Å². The van der Waals surface area contributed by atoms with Crippen LogP contribution >= 0.6 is 23.4 Å².